The molecule has 1 aromatic rings. The van der Waals surface area contributed by atoms with Crippen molar-refractivity contribution in [2.45, 2.75) is 12.6 Å². The van der Waals surface area contributed by atoms with Crippen LogP contribution in [0.15, 0.2) is 30.3 Å². The number of nitrogens with two attached hydrogens (primary N) is 1. The molecular formula is C15H25N3O. The second-order valence-corrected chi connectivity index (χ2v) is 5.20. The lowest BCUT2D eigenvalue weighted by Crippen LogP contribution is -2.49. The Bertz CT molecular complexity index is 352. The van der Waals surface area contributed by atoms with Crippen molar-refractivity contribution in [3.05, 3.63) is 35.9 Å². The molecule has 0 spiro atoms. The first-order valence-corrected chi connectivity index (χ1v) is 7.04. The van der Waals surface area contributed by atoms with Crippen LogP contribution in [-0.4, -0.2) is 62.3 Å². The van der Waals surface area contributed by atoms with Crippen molar-refractivity contribution >= 4 is 0 Å². The Labute approximate surface area is 116 Å². The fourth-order valence-electron chi connectivity index (χ4n) is 2.48. The minimum absolute atomic E-state index is 0.401. The lowest BCUT2D eigenvalue weighted by Gasteiger charge is -2.34. The highest BCUT2D eigenvalue weighted by Gasteiger charge is 2.19. The first kappa shape index (κ1) is 14.5. The number of likely N-dealkylation sites (N-methyl/N-ethyl adjacent to an activating group) is 1. The average Bonchev–Trinajstić information content (AvgIpc) is 2.47. The smallest absolute Gasteiger partial charge is 0.0594 e. The SMILES string of the molecule is CN(Cc1ccccc1)C(CN)CN1CCOCC1. The van der Waals surface area contributed by atoms with Crippen LogP contribution in [0, 0.1) is 0 Å². The molecule has 1 aliphatic heterocycles. The molecule has 1 aliphatic rings. The molecular weight excluding hydrogens is 238 g/mol. The van der Waals surface area contributed by atoms with Gasteiger partial charge in [-0.05, 0) is 12.6 Å². The maximum atomic E-state index is 5.94. The average molecular weight is 263 g/mol. The van der Waals surface area contributed by atoms with E-state index >= 15 is 0 Å². The van der Waals surface area contributed by atoms with Crippen molar-refractivity contribution in [2.75, 3.05) is 46.4 Å². The van der Waals surface area contributed by atoms with Crippen LogP contribution in [0.3, 0.4) is 0 Å². The van der Waals surface area contributed by atoms with Crippen LogP contribution in [0.5, 0.6) is 0 Å². The third-order valence-corrected chi connectivity index (χ3v) is 3.74. The highest BCUT2D eigenvalue weighted by atomic mass is 16.5. The lowest BCUT2D eigenvalue weighted by atomic mass is 10.1. The molecule has 2 N–H and O–H groups in total. The summed E-state index contributed by atoms with van der Waals surface area (Å²) in [7, 11) is 2.16. The normalized spacial score (nSPS) is 18.7. The van der Waals surface area contributed by atoms with E-state index in [9.17, 15) is 0 Å². The molecule has 1 fully saturated rings. The Balaban J connectivity index is 1.85. The third-order valence-electron chi connectivity index (χ3n) is 3.74. The number of nitrogens with zero attached hydrogens (tertiary/aromatic N) is 2. The van der Waals surface area contributed by atoms with Crippen LogP contribution < -0.4 is 5.73 Å². The molecule has 19 heavy (non-hydrogen) atoms. The topological polar surface area (TPSA) is 41.7 Å². The summed E-state index contributed by atoms with van der Waals surface area (Å²) in [5.74, 6) is 0. The quantitative estimate of drug-likeness (QED) is 0.823. The van der Waals surface area contributed by atoms with E-state index in [1.54, 1.807) is 0 Å². The van der Waals surface area contributed by atoms with E-state index in [1.807, 2.05) is 0 Å². The van der Waals surface area contributed by atoms with Gasteiger partial charge in [-0.25, -0.2) is 0 Å². The number of ether oxygens (including phenoxy) is 1. The third kappa shape index (κ3) is 4.58. The van der Waals surface area contributed by atoms with E-state index in [2.05, 4.69) is 47.2 Å². The van der Waals surface area contributed by atoms with Crippen LogP contribution in [0.4, 0.5) is 0 Å². The fourth-order valence-corrected chi connectivity index (χ4v) is 2.48. The van der Waals surface area contributed by atoms with Crippen LogP contribution in [0.1, 0.15) is 5.56 Å². The molecule has 1 saturated heterocycles. The molecule has 4 heteroatoms. The summed E-state index contributed by atoms with van der Waals surface area (Å²) in [6.45, 7) is 6.42. The van der Waals surface area contributed by atoms with Gasteiger partial charge in [0.05, 0.1) is 13.2 Å². The first-order valence-electron chi connectivity index (χ1n) is 7.04. The summed E-state index contributed by atoms with van der Waals surface area (Å²) in [5.41, 5.74) is 7.28. The molecule has 0 radical (unpaired) electrons. The van der Waals surface area contributed by atoms with Crippen molar-refractivity contribution < 1.29 is 4.74 Å². The summed E-state index contributed by atoms with van der Waals surface area (Å²) >= 11 is 0. The van der Waals surface area contributed by atoms with Gasteiger partial charge >= 0.3 is 0 Å². The van der Waals surface area contributed by atoms with Gasteiger partial charge in [-0.2, -0.15) is 0 Å². The minimum atomic E-state index is 0.401. The standard InChI is InChI=1S/C15H25N3O/c1-17(12-14-5-3-2-4-6-14)15(11-16)13-18-7-9-19-10-8-18/h2-6,15H,7-13,16H2,1H3. The van der Waals surface area contributed by atoms with Crippen LogP contribution in [-0.2, 0) is 11.3 Å². The molecule has 0 aromatic heterocycles. The molecule has 2 rings (SSSR count). The van der Waals surface area contributed by atoms with E-state index in [0.29, 0.717) is 12.6 Å². The van der Waals surface area contributed by atoms with Gasteiger partial charge in [0.15, 0.2) is 0 Å². The Morgan fingerprint density at radius 2 is 1.95 bits per heavy atom. The maximum absolute atomic E-state index is 5.94. The van der Waals surface area contributed by atoms with Crippen molar-refractivity contribution in [1.82, 2.24) is 9.80 Å². The van der Waals surface area contributed by atoms with E-state index in [4.69, 9.17) is 10.5 Å². The molecule has 106 valence electrons. The second-order valence-electron chi connectivity index (χ2n) is 5.20. The molecule has 1 heterocycles. The number of hydrogen-bond acceptors (Lipinski definition) is 4. The van der Waals surface area contributed by atoms with Crippen molar-refractivity contribution in [3.8, 4) is 0 Å². The van der Waals surface area contributed by atoms with Crippen LogP contribution >= 0.6 is 0 Å². The van der Waals surface area contributed by atoms with Crippen molar-refractivity contribution in [1.29, 1.82) is 0 Å². The monoisotopic (exact) mass is 263 g/mol. The summed E-state index contributed by atoms with van der Waals surface area (Å²) in [5, 5.41) is 0. The highest BCUT2D eigenvalue weighted by molar-refractivity contribution is 5.14. The minimum Gasteiger partial charge on any atom is -0.379 e. The van der Waals surface area contributed by atoms with Crippen molar-refractivity contribution in [3.63, 3.8) is 0 Å². The van der Waals surface area contributed by atoms with Gasteiger partial charge in [-0.3, -0.25) is 9.80 Å². The zero-order chi connectivity index (χ0) is 13.5. The van der Waals surface area contributed by atoms with Gasteiger partial charge in [-0.15, -0.1) is 0 Å². The number of hydrogen-bond donors (Lipinski definition) is 1. The molecule has 4 nitrogen and oxygen atoms in total. The Kier molecular flexibility index (Phi) is 5.79. The Morgan fingerprint density at radius 1 is 1.26 bits per heavy atom. The number of rotatable bonds is 6. The largest absolute Gasteiger partial charge is 0.379 e. The number of morpholine rings is 1. The molecule has 0 bridgehead atoms. The predicted molar refractivity (Wildman–Crippen MR) is 78.0 cm³/mol. The first-order chi connectivity index (χ1) is 9.29. The van der Waals surface area contributed by atoms with E-state index in [1.165, 1.54) is 5.56 Å². The second kappa shape index (κ2) is 7.60. The van der Waals surface area contributed by atoms with Crippen LogP contribution in [0.2, 0.25) is 0 Å². The zero-order valence-corrected chi connectivity index (χ0v) is 11.8. The molecule has 0 saturated carbocycles. The van der Waals surface area contributed by atoms with Gasteiger partial charge in [-0.1, -0.05) is 30.3 Å². The van der Waals surface area contributed by atoms with Gasteiger partial charge in [0.1, 0.15) is 0 Å². The van der Waals surface area contributed by atoms with Gasteiger partial charge in [0.2, 0.25) is 0 Å². The summed E-state index contributed by atoms with van der Waals surface area (Å²) in [6, 6.07) is 11.0. The maximum Gasteiger partial charge on any atom is 0.0594 e. The van der Waals surface area contributed by atoms with Gasteiger partial charge in [0.25, 0.3) is 0 Å². The summed E-state index contributed by atoms with van der Waals surface area (Å²) in [4.78, 5) is 4.80. The fraction of sp³-hybridized carbons (Fsp3) is 0.600. The molecule has 0 aliphatic carbocycles. The predicted octanol–water partition coefficient (Wildman–Crippen LogP) is 0.778. The number of benzene rings is 1. The van der Waals surface area contributed by atoms with E-state index in [-0.39, 0.29) is 0 Å². The summed E-state index contributed by atoms with van der Waals surface area (Å²) < 4.78 is 5.38. The highest BCUT2D eigenvalue weighted by Crippen LogP contribution is 2.08. The van der Waals surface area contributed by atoms with Gasteiger partial charge in [0, 0.05) is 38.8 Å². The molecule has 1 atom stereocenters. The summed E-state index contributed by atoms with van der Waals surface area (Å²) in [6.07, 6.45) is 0. The van der Waals surface area contributed by atoms with Crippen molar-refractivity contribution in [2.24, 2.45) is 5.73 Å². The van der Waals surface area contributed by atoms with E-state index < -0.39 is 0 Å². The molecule has 1 aromatic carbocycles. The molecule has 1 unspecified atom stereocenters. The zero-order valence-electron chi connectivity index (χ0n) is 11.8. The lowest BCUT2D eigenvalue weighted by molar-refractivity contribution is 0.0252. The Hall–Kier alpha value is -0.940. The Morgan fingerprint density at radius 3 is 2.58 bits per heavy atom. The van der Waals surface area contributed by atoms with E-state index in [0.717, 1.165) is 39.4 Å². The van der Waals surface area contributed by atoms with Crippen LogP contribution in [0.25, 0.3) is 0 Å². The van der Waals surface area contributed by atoms with Gasteiger partial charge < -0.3 is 10.5 Å². The molecule has 0 amide bonds.